The van der Waals surface area contributed by atoms with Crippen LogP contribution in [0.3, 0.4) is 0 Å². The summed E-state index contributed by atoms with van der Waals surface area (Å²) in [7, 11) is 0. The first-order chi connectivity index (χ1) is 8.50. The van der Waals surface area contributed by atoms with Crippen LogP contribution in [0.1, 0.15) is 18.4 Å². The minimum absolute atomic E-state index is 0.300. The van der Waals surface area contributed by atoms with Crippen molar-refractivity contribution in [3.63, 3.8) is 0 Å². The van der Waals surface area contributed by atoms with E-state index in [-0.39, 0.29) is 11.8 Å². The second kappa shape index (κ2) is 4.68. The second-order valence-corrected chi connectivity index (χ2v) is 4.66. The number of aliphatic carboxylic acids is 1. The van der Waals surface area contributed by atoms with Gasteiger partial charge in [0.1, 0.15) is 5.92 Å². The third-order valence-corrected chi connectivity index (χ3v) is 3.33. The van der Waals surface area contributed by atoms with Crippen LogP contribution in [-0.4, -0.2) is 30.1 Å². The number of carbonyl (C=O) groups excluding carboxylic acids is 1. The standard InChI is InChI=1S/C13H16N2O3/c1-8(12(14)16)6-15-7-10(13(17)18)9-4-2-3-5-11(9)15/h2-5,8,10H,6-7H2,1H3,(H2,14,16)(H,17,18). The number of carbonyl (C=O) groups is 2. The Labute approximate surface area is 105 Å². The first kappa shape index (κ1) is 12.4. The van der Waals surface area contributed by atoms with Crippen molar-refractivity contribution in [2.24, 2.45) is 11.7 Å². The van der Waals surface area contributed by atoms with E-state index in [9.17, 15) is 14.7 Å². The molecule has 1 heterocycles. The van der Waals surface area contributed by atoms with Crippen molar-refractivity contribution in [3.8, 4) is 0 Å². The molecule has 3 N–H and O–H groups in total. The molecule has 0 saturated heterocycles. The van der Waals surface area contributed by atoms with E-state index in [1.807, 2.05) is 29.2 Å². The van der Waals surface area contributed by atoms with Crippen LogP contribution in [-0.2, 0) is 9.59 Å². The Morgan fingerprint density at radius 1 is 1.50 bits per heavy atom. The Hall–Kier alpha value is -2.04. The van der Waals surface area contributed by atoms with Crippen LogP contribution in [0.5, 0.6) is 0 Å². The predicted octanol–water partition coefficient (Wildman–Crippen LogP) is 0.796. The molecular weight excluding hydrogens is 232 g/mol. The fourth-order valence-corrected chi connectivity index (χ4v) is 2.29. The van der Waals surface area contributed by atoms with Gasteiger partial charge in [0.05, 0.1) is 5.92 Å². The summed E-state index contributed by atoms with van der Waals surface area (Å²) < 4.78 is 0. The highest BCUT2D eigenvalue weighted by Crippen LogP contribution is 2.36. The maximum atomic E-state index is 11.2. The molecule has 0 aromatic heterocycles. The third kappa shape index (κ3) is 2.16. The van der Waals surface area contributed by atoms with E-state index in [1.54, 1.807) is 6.92 Å². The van der Waals surface area contributed by atoms with Crippen molar-refractivity contribution in [2.75, 3.05) is 18.0 Å². The summed E-state index contributed by atoms with van der Waals surface area (Å²) >= 11 is 0. The number of carboxylic acid groups (broad SMARTS) is 1. The van der Waals surface area contributed by atoms with E-state index in [2.05, 4.69) is 0 Å². The zero-order chi connectivity index (χ0) is 13.3. The highest BCUT2D eigenvalue weighted by atomic mass is 16.4. The van der Waals surface area contributed by atoms with Crippen LogP contribution in [0, 0.1) is 5.92 Å². The smallest absolute Gasteiger partial charge is 0.312 e. The van der Waals surface area contributed by atoms with Crippen molar-refractivity contribution in [1.82, 2.24) is 0 Å². The molecule has 1 aliphatic rings. The SMILES string of the molecule is CC(CN1CC(C(=O)O)c2ccccc21)C(N)=O. The van der Waals surface area contributed by atoms with Crippen molar-refractivity contribution in [1.29, 1.82) is 0 Å². The molecule has 2 rings (SSSR count). The average molecular weight is 248 g/mol. The zero-order valence-electron chi connectivity index (χ0n) is 10.2. The van der Waals surface area contributed by atoms with Crippen molar-refractivity contribution < 1.29 is 14.7 Å². The number of fused-ring (bicyclic) bond motifs is 1. The second-order valence-electron chi connectivity index (χ2n) is 4.66. The zero-order valence-corrected chi connectivity index (χ0v) is 10.2. The van der Waals surface area contributed by atoms with Crippen LogP contribution < -0.4 is 10.6 Å². The number of nitrogens with zero attached hydrogens (tertiary/aromatic N) is 1. The fourth-order valence-electron chi connectivity index (χ4n) is 2.29. The lowest BCUT2D eigenvalue weighted by molar-refractivity contribution is -0.138. The predicted molar refractivity (Wildman–Crippen MR) is 67.4 cm³/mol. The minimum Gasteiger partial charge on any atom is -0.481 e. The van der Waals surface area contributed by atoms with E-state index in [4.69, 9.17) is 5.73 Å². The number of carboxylic acids is 1. The molecule has 0 radical (unpaired) electrons. The topological polar surface area (TPSA) is 83.6 Å². The fraction of sp³-hybridized carbons (Fsp3) is 0.385. The molecule has 1 amide bonds. The van der Waals surface area contributed by atoms with Crippen molar-refractivity contribution in [2.45, 2.75) is 12.8 Å². The molecule has 5 heteroatoms. The van der Waals surface area contributed by atoms with Crippen LogP contribution in [0.25, 0.3) is 0 Å². The molecule has 2 unspecified atom stereocenters. The van der Waals surface area contributed by atoms with E-state index >= 15 is 0 Å². The Bertz CT molecular complexity index is 485. The van der Waals surface area contributed by atoms with Crippen molar-refractivity contribution >= 4 is 17.6 Å². The molecule has 0 saturated carbocycles. The molecule has 0 aliphatic carbocycles. The molecule has 0 fully saturated rings. The Balaban J connectivity index is 2.25. The molecule has 1 aromatic carbocycles. The van der Waals surface area contributed by atoms with Gasteiger partial charge < -0.3 is 15.7 Å². The van der Waals surface area contributed by atoms with E-state index < -0.39 is 11.9 Å². The summed E-state index contributed by atoms with van der Waals surface area (Å²) in [4.78, 5) is 24.2. The largest absolute Gasteiger partial charge is 0.481 e. The van der Waals surface area contributed by atoms with Crippen molar-refractivity contribution in [3.05, 3.63) is 29.8 Å². The van der Waals surface area contributed by atoms with Gasteiger partial charge in [0.25, 0.3) is 0 Å². The molecule has 2 atom stereocenters. The van der Waals surface area contributed by atoms with Crippen LogP contribution in [0.4, 0.5) is 5.69 Å². The number of hydrogen-bond donors (Lipinski definition) is 2. The van der Waals surface area contributed by atoms with E-state index in [0.717, 1.165) is 11.3 Å². The van der Waals surface area contributed by atoms with Gasteiger partial charge in [-0.05, 0) is 11.6 Å². The minimum atomic E-state index is -0.836. The molecule has 96 valence electrons. The lowest BCUT2D eigenvalue weighted by Gasteiger charge is -2.22. The Morgan fingerprint density at radius 3 is 2.78 bits per heavy atom. The van der Waals surface area contributed by atoms with Gasteiger partial charge in [-0.1, -0.05) is 25.1 Å². The molecule has 1 aliphatic heterocycles. The molecular formula is C13H16N2O3. The summed E-state index contributed by atoms with van der Waals surface area (Å²) in [6.45, 7) is 2.60. The summed E-state index contributed by atoms with van der Waals surface area (Å²) in [5.74, 6) is -2.03. The lowest BCUT2D eigenvalue weighted by atomic mass is 10.0. The highest BCUT2D eigenvalue weighted by Gasteiger charge is 2.34. The van der Waals surface area contributed by atoms with Gasteiger partial charge in [0.15, 0.2) is 0 Å². The van der Waals surface area contributed by atoms with Gasteiger partial charge >= 0.3 is 5.97 Å². The van der Waals surface area contributed by atoms with Crippen LogP contribution in [0.2, 0.25) is 0 Å². The maximum Gasteiger partial charge on any atom is 0.312 e. The summed E-state index contributed by atoms with van der Waals surface area (Å²) in [5, 5.41) is 9.20. The number of nitrogens with two attached hydrogens (primary N) is 1. The number of amides is 1. The molecule has 0 spiro atoms. The molecule has 1 aromatic rings. The lowest BCUT2D eigenvalue weighted by Crippen LogP contribution is -2.34. The van der Waals surface area contributed by atoms with Gasteiger partial charge in [-0.2, -0.15) is 0 Å². The highest BCUT2D eigenvalue weighted by molar-refractivity contribution is 5.83. The average Bonchev–Trinajstić information content (AvgIpc) is 2.68. The molecule has 18 heavy (non-hydrogen) atoms. The van der Waals surface area contributed by atoms with Crippen LogP contribution in [0.15, 0.2) is 24.3 Å². The Kier molecular flexibility index (Phi) is 3.23. The van der Waals surface area contributed by atoms with Gasteiger partial charge in [0.2, 0.25) is 5.91 Å². The number of anilines is 1. The Morgan fingerprint density at radius 2 is 2.17 bits per heavy atom. The first-order valence-corrected chi connectivity index (χ1v) is 5.86. The van der Waals surface area contributed by atoms with E-state index in [0.29, 0.717) is 13.1 Å². The number of benzene rings is 1. The third-order valence-electron chi connectivity index (χ3n) is 3.33. The maximum absolute atomic E-state index is 11.2. The van der Waals surface area contributed by atoms with Gasteiger partial charge in [-0.15, -0.1) is 0 Å². The normalized spacial score (nSPS) is 19.4. The van der Waals surface area contributed by atoms with Gasteiger partial charge in [0, 0.05) is 18.8 Å². The molecule has 0 bridgehead atoms. The first-order valence-electron chi connectivity index (χ1n) is 5.86. The number of rotatable bonds is 4. The molecule has 5 nitrogen and oxygen atoms in total. The monoisotopic (exact) mass is 248 g/mol. The van der Waals surface area contributed by atoms with Crippen LogP contribution >= 0.6 is 0 Å². The summed E-state index contributed by atoms with van der Waals surface area (Å²) in [5.41, 5.74) is 6.94. The number of primary amides is 1. The van der Waals surface area contributed by atoms with Gasteiger partial charge in [-0.3, -0.25) is 9.59 Å². The van der Waals surface area contributed by atoms with Gasteiger partial charge in [-0.25, -0.2) is 0 Å². The number of hydrogen-bond acceptors (Lipinski definition) is 3. The van der Waals surface area contributed by atoms with E-state index in [1.165, 1.54) is 0 Å². The quantitative estimate of drug-likeness (QED) is 0.825. The number of para-hydroxylation sites is 1. The summed E-state index contributed by atoms with van der Waals surface area (Å²) in [6.07, 6.45) is 0. The summed E-state index contributed by atoms with van der Waals surface area (Å²) in [6, 6.07) is 7.40.